The van der Waals surface area contributed by atoms with E-state index in [1.807, 2.05) is 4.90 Å². The molecular weight excluding hydrogens is 272 g/mol. The van der Waals surface area contributed by atoms with E-state index >= 15 is 0 Å². The third-order valence-corrected chi connectivity index (χ3v) is 3.72. The van der Waals surface area contributed by atoms with Crippen molar-refractivity contribution in [2.45, 2.75) is 19.3 Å². The van der Waals surface area contributed by atoms with Gasteiger partial charge in [0.25, 0.3) is 5.91 Å². The number of ether oxygens (including phenoxy) is 2. The zero-order valence-corrected chi connectivity index (χ0v) is 11.8. The van der Waals surface area contributed by atoms with Gasteiger partial charge in [0.1, 0.15) is 0 Å². The zero-order chi connectivity index (χ0) is 14.7. The first-order chi connectivity index (χ1) is 10.2. The number of likely N-dealkylation sites (tertiary alicyclic amines) is 1. The van der Waals surface area contributed by atoms with Crippen molar-refractivity contribution in [2.24, 2.45) is 0 Å². The van der Waals surface area contributed by atoms with Gasteiger partial charge in [-0.3, -0.25) is 9.59 Å². The van der Waals surface area contributed by atoms with Crippen LogP contribution in [0.15, 0.2) is 18.2 Å². The summed E-state index contributed by atoms with van der Waals surface area (Å²) in [4.78, 5) is 25.7. The summed E-state index contributed by atoms with van der Waals surface area (Å²) in [6, 6.07) is 5.05. The number of amides is 2. The molecule has 1 fully saturated rings. The average Bonchev–Trinajstić information content (AvgIpc) is 3.17. The van der Waals surface area contributed by atoms with E-state index in [4.69, 9.17) is 9.47 Å². The van der Waals surface area contributed by atoms with E-state index in [0.717, 1.165) is 25.9 Å². The molecule has 6 nitrogen and oxygen atoms in total. The number of carbonyl (C=O) groups excluding carboxylic acids is 2. The first kappa shape index (κ1) is 13.7. The maximum absolute atomic E-state index is 12.0. The molecule has 1 N–H and O–H groups in total. The van der Waals surface area contributed by atoms with Crippen molar-refractivity contribution in [1.29, 1.82) is 0 Å². The van der Waals surface area contributed by atoms with Crippen LogP contribution in [0, 0.1) is 0 Å². The molecule has 0 aliphatic carbocycles. The van der Waals surface area contributed by atoms with Crippen LogP contribution >= 0.6 is 0 Å². The highest BCUT2D eigenvalue weighted by atomic mass is 16.7. The second-order valence-electron chi connectivity index (χ2n) is 5.16. The van der Waals surface area contributed by atoms with E-state index in [9.17, 15) is 9.59 Å². The molecule has 0 bridgehead atoms. The lowest BCUT2D eigenvalue weighted by atomic mass is 10.2. The van der Waals surface area contributed by atoms with Gasteiger partial charge in [-0.1, -0.05) is 0 Å². The Morgan fingerprint density at radius 3 is 2.71 bits per heavy atom. The zero-order valence-electron chi connectivity index (χ0n) is 11.8. The molecule has 112 valence electrons. The molecule has 1 aromatic carbocycles. The molecule has 3 rings (SSSR count). The predicted molar refractivity (Wildman–Crippen MR) is 75.3 cm³/mol. The van der Waals surface area contributed by atoms with Crippen LogP contribution in [0.4, 0.5) is 0 Å². The van der Waals surface area contributed by atoms with Crippen molar-refractivity contribution in [3.8, 4) is 11.5 Å². The maximum Gasteiger partial charge on any atom is 0.251 e. The van der Waals surface area contributed by atoms with Gasteiger partial charge in [0.15, 0.2) is 11.5 Å². The van der Waals surface area contributed by atoms with Crippen molar-refractivity contribution in [3.05, 3.63) is 23.8 Å². The van der Waals surface area contributed by atoms with Gasteiger partial charge in [-0.2, -0.15) is 0 Å². The van der Waals surface area contributed by atoms with Gasteiger partial charge in [0.05, 0.1) is 0 Å². The number of hydrogen-bond acceptors (Lipinski definition) is 4. The number of carbonyl (C=O) groups is 2. The molecule has 0 saturated carbocycles. The van der Waals surface area contributed by atoms with Crippen molar-refractivity contribution in [3.63, 3.8) is 0 Å². The summed E-state index contributed by atoms with van der Waals surface area (Å²) in [5.74, 6) is 1.13. The summed E-state index contributed by atoms with van der Waals surface area (Å²) in [5.41, 5.74) is 0.507. The number of benzene rings is 1. The summed E-state index contributed by atoms with van der Waals surface area (Å²) >= 11 is 0. The van der Waals surface area contributed by atoms with Gasteiger partial charge in [0.2, 0.25) is 12.7 Å². The third kappa shape index (κ3) is 3.09. The Bertz CT molecular complexity index is 553. The molecule has 2 amide bonds. The molecule has 21 heavy (non-hydrogen) atoms. The summed E-state index contributed by atoms with van der Waals surface area (Å²) in [7, 11) is 0. The van der Waals surface area contributed by atoms with Crippen LogP contribution in [0.3, 0.4) is 0 Å². The Hall–Kier alpha value is -2.24. The van der Waals surface area contributed by atoms with E-state index in [2.05, 4.69) is 5.32 Å². The van der Waals surface area contributed by atoms with Crippen LogP contribution < -0.4 is 14.8 Å². The molecule has 0 atom stereocenters. The van der Waals surface area contributed by atoms with Crippen LogP contribution in [0.2, 0.25) is 0 Å². The molecule has 0 unspecified atom stereocenters. The van der Waals surface area contributed by atoms with E-state index in [0.29, 0.717) is 30.0 Å². The molecule has 1 aromatic rings. The Labute approximate surface area is 123 Å². The van der Waals surface area contributed by atoms with Gasteiger partial charge in [0, 0.05) is 31.6 Å². The fraction of sp³-hybridized carbons (Fsp3) is 0.467. The summed E-state index contributed by atoms with van der Waals surface area (Å²) in [6.07, 6.45) is 2.50. The normalized spacial score (nSPS) is 16.1. The quantitative estimate of drug-likeness (QED) is 0.903. The van der Waals surface area contributed by atoms with Crippen LogP contribution in [-0.2, 0) is 4.79 Å². The van der Waals surface area contributed by atoms with E-state index < -0.39 is 0 Å². The number of rotatable bonds is 4. The van der Waals surface area contributed by atoms with E-state index in [1.54, 1.807) is 18.2 Å². The van der Waals surface area contributed by atoms with Gasteiger partial charge in [-0.25, -0.2) is 0 Å². The highest BCUT2D eigenvalue weighted by Crippen LogP contribution is 2.32. The molecule has 0 spiro atoms. The summed E-state index contributed by atoms with van der Waals surface area (Å²) in [6.45, 7) is 2.22. The second kappa shape index (κ2) is 6.03. The molecule has 0 radical (unpaired) electrons. The van der Waals surface area contributed by atoms with Crippen LogP contribution in [-0.4, -0.2) is 43.1 Å². The molecule has 6 heteroatoms. The average molecular weight is 290 g/mol. The molecule has 2 heterocycles. The largest absolute Gasteiger partial charge is 0.454 e. The van der Waals surface area contributed by atoms with Gasteiger partial charge in [-0.15, -0.1) is 0 Å². The number of nitrogens with zero attached hydrogens (tertiary/aromatic N) is 1. The minimum atomic E-state index is -0.206. The molecule has 0 aromatic heterocycles. The number of fused-ring (bicyclic) bond motifs is 1. The molecule has 1 saturated heterocycles. The SMILES string of the molecule is O=C(NCCC(=O)N1CCCC1)c1ccc2c(c1)OCO2. The fourth-order valence-corrected chi connectivity index (χ4v) is 2.55. The van der Waals surface area contributed by atoms with Crippen molar-refractivity contribution in [1.82, 2.24) is 10.2 Å². The Balaban J connectivity index is 1.49. The molecule has 2 aliphatic rings. The Morgan fingerprint density at radius 2 is 1.90 bits per heavy atom. The van der Waals surface area contributed by atoms with Gasteiger partial charge in [-0.05, 0) is 31.0 Å². The highest BCUT2D eigenvalue weighted by Gasteiger charge is 2.18. The van der Waals surface area contributed by atoms with Crippen LogP contribution in [0.1, 0.15) is 29.6 Å². The Morgan fingerprint density at radius 1 is 1.14 bits per heavy atom. The standard InChI is InChI=1S/C15H18N2O4/c18-14(17-7-1-2-8-17)5-6-16-15(19)11-3-4-12-13(9-11)21-10-20-12/h3-4,9H,1-2,5-8,10H2,(H,16,19). The van der Waals surface area contributed by atoms with Gasteiger partial charge >= 0.3 is 0 Å². The molecular formula is C15H18N2O4. The van der Waals surface area contributed by atoms with E-state index in [-0.39, 0.29) is 18.6 Å². The second-order valence-corrected chi connectivity index (χ2v) is 5.16. The van der Waals surface area contributed by atoms with E-state index in [1.165, 1.54) is 0 Å². The lowest BCUT2D eigenvalue weighted by Crippen LogP contribution is -2.32. The third-order valence-electron chi connectivity index (χ3n) is 3.72. The topological polar surface area (TPSA) is 67.9 Å². The maximum atomic E-state index is 12.0. The highest BCUT2D eigenvalue weighted by molar-refractivity contribution is 5.95. The summed E-state index contributed by atoms with van der Waals surface area (Å²) < 4.78 is 10.4. The van der Waals surface area contributed by atoms with Crippen molar-refractivity contribution >= 4 is 11.8 Å². The summed E-state index contributed by atoms with van der Waals surface area (Å²) in [5, 5.41) is 2.76. The number of hydrogen-bond donors (Lipinski definition) is 1. The smallest absolute Gasteiger partial charge is 0.251 e. The van der Waals surface area contributed by atoms with Crippen LogP contribution in [0.25, 0.3) is 0 Å². The first-order valence-electron chi connectivity index (χ1n) is 7.20. The van der Waals surface area contributed by atoms with Crippen molar-refractivity contribution in [2.75, 3.05) is 26.4 Å². The Kier molecular flexibility index (Phi) is 3.94. The monoisotopic (exact) mass is 290 g/mol. The van der Waals surface area contributed by atoms with Crippen molar-refractivity contribution < 1.29 is 19.1 Å². The first-order valence-corrected chi connectivity index (χ1v) is 7.20. The fourth-order valence-electron chi connectivity index (χ4n) is 2.55. The minimum absolute atomic E-state index is 0.110. The lowest BCUT2D eigenvalue weighted by molar-refractivity contribution is -0.129. The number of nitrogens with one attached hydrogen (secondary N) is 1. The lowest BCUT2D eigenvalue weighted by Gasteiger charge is -2.15. The van der Waals surface area contributed by atoms with Gasteiger partial charge < -0.3 is 19.7 Å². The minimum Gasteiger partial charge on any atom is -0.454 e. The predicted octanol–water partition coefficient (Wildman–Crippen LogP) is 1.16. The van der Waals surface area contributed by atoms with Crippen LogP contribution in [0.5, 0.6) is 11.5 Å². The molecule has 2 aliphatic heterocycles.